The van der Waals surface area contributed by atoms with E-state index in [0.29, 0.717) is 22.8 Å². The van der Waals surface area contributed by atoms with E-state index in [2.05, 4.69) is 21.4 Å². The first-order chi connectivity index (χ1) is 16.2. The SMILES string of the molecule is Cc1nc(C2=CCC(N3N=CN4C(C(=O)OC(C)(C)C)=C5CC=C(Cl)C=C5N=CC43)CC2)cs1. The second-order valence-electron chi connectivity index (χ2n) is 9.77. The van der Waals surface area contributed by atoms with Gasteiger partial charge in [0, 0.05) is 22.2 Å². The summed E-state index contributed by atoms with van der Waals surface area (Å²) in [7, 11) is 0. The molecule has 0 N–H and O–H groups in total. The maximum absolute atomic E-state index is 13.4. The zero-order valence-electron chi connectivity index (χ0n) is 19.8. The first-order valence-corrected chi connectivity index (χ1v) is 12.8. The number of hydrazone groups is 1. The van der Waals surface area contributed by atoms with Gasteiger partial charge in [0.15, 0.2) is 6.17 Å². The Balaban J connectivity index is 1.43. The minimum absolute atomic E-state index is 0.196. The van der Waals surface area contributed by atoms with Gasteiger partial charge in [-0.25, -0.2) is 9.78 Å². The van der Waals surface area contributed by atoms with Gasteiger partial charge in [-0.2, -0.15) is 5.10 Å². The van der Waals surface area contributed by atoms with Gasteiger partial charge >= 0.3 is 5.97 Å². The average Bonchev–Trinajstić information content (AvgIpc) is 3.35. The number of hydrogen-bond donors (Lipinski definition) is 0. The lowest BCUT2D eigenvalue weighted by molar-refractivity contribution is -0.151. The summed E-state index contributed by atoms with van der Waals surface area (Å²) in [4.78, 5) is 24.6. The van der Waals surface area contributed by atoms with Crippen molar-refractivity contribution >= 4 is 47.0 Å². The Morgan fingerprint density at radius 1 is 1.29 bits per heavy atom. The van der Waals surface area contributed by atoms with Crippen molar-refractivity contribution in [1.29, 1.82) is 0 Å². The van der Waals surface area contributed by atoms with E-state index in [0.717, 1.165) is 35.5 Å². The molecule has 1 aromatic rings. The van der Waals surface area contributed by atoms with Crippen LogP contribution in [0.1, 0.15) is 57.2 Å². The van der Waals surface area contributed by atoms with Gasteiger partial charge in [0.25, 0.3) is 0 Å². The van der Waals surface area contributed by atoms with Crippen LogP contribution in [-0.4, -0.2) is 51.2 Å². The summed E-state index contributed by atoms with van der Waals surface area (Å²) in [6.45, 7) is 7.64. The first-order valence-electron chi connectivity index (χ1n) is 11.5. The summed E-state index contributed by atoms with van der Waals surface area (Å²) in [5.41, 5.74) is 3.73. The molecule has 2 aliphatic heterocycles. The summed E-state index contributed by atoms with van der Waals surface area (Å²) >= 11 is 7.95. The maximum Gasteiger partial charge on any atom is 0.355 e. The third-order valence-electron chi connectivity index (χ3n) is 6.14. The molecule has 0 radical (unpaired) electrons. The largest absolute Gasteiger partial charge is 0.455 e. The average molecular weight is 498 g/mol. The summed E-state index contributed by atoms with van der Waals surface area (Å²) in [5, 5.41) is 10.6. The Morgan fingerprint density at radius 2 is 2.12 bits per heavy atom. The molecule has 0 bridgehead atoms. The normalized spacial score (nSPS) is 24.3. The van der Waals surface area contributed by atoms with Gasteiger partial charge in [-0.3, -0.25) is 14.9 Å². The lowest BCUT2D eigenvalue weighted by Gasteiger charge is -2.35. The quantitative estimate of drug-likeness (QED) is 0.525. The molecule has 9 heteroatoms. The van der Waals surface area contributed by atoms with E-state index in [-0.39, 0.29) is 18.2 Å². The molecule has 178 valence electrons. The van der Waals surface area contributed by atoms with Crippen LogP contribution in [0.4, 0.5) is 0 Å². The topological polar surface area (TPSA) is 70.4 Å². The zero-order chi connectivity index (χ0) is 24.0. The number of thiazole rings is 1. The monoisotopic (exact) mass is 497 g/mol. The highest BCUT2D eigenvalue weighted by Crippen LogP contribution is 2.37. The van der Waals surface area contributed by atoms with Crippen molar-refractivity contribution in [3.8, 4) is 0 Å². The van der Waals surface area contributed by atoms with Crippen molar-refractivity contribution in [3.63, 3.8) is 0 Å². The zero-order valence-corrected chi connectivity index (χ0v) is 21.4. The van der Waals surface area contributed by atoms with Crippen LogP contribution in [0.15, 0.2) is 55.7 Å². The summed E-state index contributed by atoms with van der Waals surface area (Å²) in [6, 6.07) is 0.196. The number of carbonyl (C=O) groups is 1. The number of halogens is 1. The predicted octanol–water partition coefficient (Wildman–Crippen LogP) is 5.36. The molecule has 34 heavy (non-hydrogen) atoms. The van der Waals surface area contributed by atoms with Gasteiger partial charge in [-0.15, -0.1) is 11.3 Å². The summed E-state index contributed by atoms with van der Waals surface area (Å²) < 4.78 is 5.79. The molecule has 0 spiro atoms. The Morgan fingerprint density at radius 3 is 2.79 bits per heavy atom. The van der Waals surface area contributed by atoms with E-state index in [9.17, 15) is 4.79 Å². The Labute approximate surface area is 208 Å². The van der Waals surface area contributed by atoms with E-state index in [1.54, 1.807) is 23.8 Å². The lowest BCUT2D eigenvalue weighted by atomic mass is 9.93. The molecule has 2 unspecified atom stereocenters. The predicted molar refractivity (Wildman–Crippen MR) is 136 cm³/mol. The van der Waals surface area contributed by atoms with Crippen molar-refractivity contribution in [2.75, 3.05) is 0 Å². The molecule has 1 aromatic heterocycles. The van der Waals surface area contributed by atoms with Gasteiger partial charge in [0.1, 0.15) is 17.6 Å². The van der Waals surface area contributed by atoms with Crippen molar-refractivity contribution in [1.82, 2.24) is 14.9 Å². The van der Waals surface area contributed by atoms with Gasteiger partial charge in [-0.1, -0.05) is 23.8 Å². The molecule has 2 atom stereocenters. The molecule has 3 heterocycles. The number of esters is 1. The van der Waals surface area contributed by atoms with E-state index in [1.807, 2.05) is 44.9 Å². The second kappa shape index (κ2) is 8.82. The molecular formula is C25H28ClN5O2S. The fourth-order valence-corrected chi connectivity index (χ4v) is 5.41. The highest BCUT2D eigenvalue weighted by atomic mass is 35.5. The molecule has 0 fully saturated rings. The van der Waals surface area contributed by atoms with Crippen LogP contribution >= 0.6 is 22.9 Å². The Bertz CT molecular complexity index is 1200. The smallest absolute Gasteiger partial charge is 0.355 e. The van der Waals surface area contributed by atoms with Crippen molar-refractivity contribution < 1.29 is 9.53 Å². The van der Waals surface area contributed by atoms with Crippen LogP contribution < -0.4 is 0 Å². The van der Waals surface area contributed by atoms with Gasteiger partial charge in [0.2, 0.25) is 0 Å². The van der Waals surface area contributed by atoms with E-state index in [1.165, 1.54) is 5.57 Å². The highest BCUT2D eigenvalue weighted by molar-refractivity contribution is 7.09. The molecule has 2 aliphatic carbocycles. The first kappa shape index (κ1) is 23.1. The number of rotatable bonds is 3. The molecule has 0 aromatic carbocycles. The van der Waals surface area contributed by atoms with E-state index < -0.39 is 5.60 Å². The van der Waals surface area contributed by atoms with Crippen molar-refractivity contribution in [2.45, 2.75) is 71.2 Å². The summed E-state index contributed by atoms with van der Waals surface area (Å²) in [5.74, 6) is -0.381. The third kappa shape index (κ3) is 4.49. The van der Waals surface area contributed by atoms with Crippen LogP contribution in [0.3, 0.4) is 0 Å². The Hall–Kier alpha value is -2.71. The van der Waals surface area contributed by atoms with Gasteiger partial charge in [-0.05, 0) is 65.0 Å². The number of aryl methyl sites for hydroxylation is 1. The molecule has 4 aliphatic rings. The van der Waals surface area contributed by atoms with Crippen molar-refractivity contribution in [2.24, 2.45) is 10.1 Å². The highest BCUT2D eigenvalue weighted by Gasteiger charge is 2.41. The number of ether oxygens (including phenoxy) is 1. The molecule has 0 saturated carbocycles. The van der Waals surface area contributed by atoms with Crippen molar-refractivity contribution in [3.05, 3.63) is 56.3 Å². The fourth-order valence-electron chi connectivity index (χ4n) is 4.60. The van der Waals surface area contributed by atoms with Crippen LogP contribution in [0.25, 0.3) is 5.57 Å². The Kier molecular flexibility index (Phi) is 5.98. The number of hydrogen-bond acceptors (Lipinski definition) is 8. The number of carbonyl (C=O) groups excluding carboxylic acids is 1. The number of allylic oxidation sites excluding steroid dienone is 5. The van der Waals surface area contributed by atoms with Crippen LogP contribution in [0, 0.1) is 6.92 Å². The second-order valence-corrected chi connectivity index (χ2v) is 11.3. The standard InChI is InChI=1S/C25H28ClN5O2S/c1-15-29-21(13-34-15)16-5-8-18(9-6-16)31-22-12-27-20-11-17(26)7-10-19(20)23(30(22)14-28-31)24(32)33-25(2,3)4/h5,7,11-14,18,22H,6,8-10H2,1-4H3. The van der Waals surface area contributed by atoms with Gasteiger partial charge in [0.05, 0.1) is 22.4 Å². The maximum atomic E-state index is 13.4. The molecule has 5 rings (SSSR count). The third-order valence-corrected chi connectivity index (χ3v) is 7.18. The molecule has 7 nitrogen and oxygen atoms in total. The summed E-state index contributed by atoms with van der Waals surface area (Å²) in [6.07, 6.45) is 12.5. The van der Waals surface area contributed by atoms with E-state index in [4.69, 9.17) is 26.4 Å². The molecular weight excluding hydrogens is 470 g/mol. The van der Waals surface area contributed by atoms with Crippen LogP contribution in [0.5, 0.6) is 0 Å². The molecule has 0 saturated heterocycles. The molecule has 0 amide bonds. The van der Waals surface area contributed by atoms with E-state index >= 15 is 0 Å². The number of nitrogens with zero attached hydrogens (tertiary/aromatic N) is 5. The van der Waals surface area contributed by atoms with Gasteiger partial charge < -0.3 is 4.74 Å². The van der Waals surface area contributed by atoms with Crippen LogP contribution in [0.2, 0.25) is 0 Å². The number of aromatic nitrogens is 1. The minimum Gasteiger partial charge on any atom is -0.455 e. The number of aliphatic imine (C=N–C) groups is 1. The fraction of sp³-hybridized carbons (Fsp3) is 0.440. The van der Waals surface area contributed by atoms with Crippen LogP contribution in [-0.2, 0) is 9.53 Å². The lowest BCUT2D eigenvalue weighted by Crippen LogP contribution is -2.47. The number of fused-ring (bicyclic) bond motifs is 2. The minimum atomic E-state index is -0.617.